The number of rotatable bonds is 8. The van der Waals surface area contributed by atoms with Gasteiger partial charge in [0.1, 0.15) is 6.61 Å². The minimum atomic E-state index is -1.01. The van der Waals surface area contributed by atoms with Gasteiger partial charge in [0, 0.05) is 13.0 Å². The number of carbonyl (C=O) groups excluding carboxylic acids is 1. The molecule has 0 radical (unpaired) electrons. The molecule has 0 rings (SSSR count). The average Bonchev–Trinajstić information content (AvgIpc) is 2.13. The third-order valence-corrected chi connectivity index (χ3v) is 1.40. The molecule has 0 aliphatic heterocycles. The number of ether oxygens (including phenoxy) is 1. The number of aliphatic carboxylic acids is 1. The van der Waals surface area contributed by atoms with Gasteiger partial charge in [-0.25, -0.2) is 4.79 Å². The van der Waals surface area contributed by atoms with E-state index in [0.29, 0.717) is 25.9 Å². The fourth-order valence-electron chi connectivity index (χ4n) is 0.773. The molecule has 0 spiro atoms. The summed E-state index contributed by atoms with van der Waals surface area (Å²) in [5.41, 5.74) is 5.22. The van der Waals surface area contributed by atoms with Crippen LogP contribution in [0, 0.1) is 0 Å². The number of carboxylic acids is 1. The summed E-state index contributed by atoms with van der Waals surface area (Å²) in [6, 6.07) is 0. The lowest BCUT2D eigenvalue weighted by atomic mass is 10.3. The second kappa shape index (κ2) is 8.46. The van der Waals surface area contributed by atoms with Gasteiger partial charge < -0.3 is 20.9 Å². The van der Waals surface area contributed by atoms with Gasteiger partial charge in [-0.15, -0.1) is 0 Å². The molecule has 1 amide bonds. The predicted octanol–water partition coefficient (Wildman–Crippen LogP) is -1.06. The van der Waals surface area contributed by atoms with Crippen molar-refractivity contribution in [3.63, 3.8) is 0 Å². The van der Waals surface area contributed by atoms with Gasteiger partial charge in [0.05, 0.1) is 6.61 Å². The van der Waals surface area contributed by atoms with Crippen LogP contribution in [0.2, 0.25) is 0 Å². The van der Waals surface area contributed by atoms with Crippen molar-refractivity contribution in [2.45, 2.75) is 12.8 Å². The molecule has 0 saturated heterocycles. The number of hydrogen-bond donors (Lipinski definition) is 3. The van der Waals surface area contributed by atoms with Crippen molar-refractivity contribution in [3.8, 4) is 0 Å². The van der Waals surface area contributed by atoms with E-state index in [4.69, 9.17) is 15.6 Å². The third kappa shape index (κ3) is 8.95. The van der Waals surface area contributed by atoms with Crippen molar-refractivity contribution in [2.75, 3.05) is 26.3 Å². The Morgan fingerprint density at radius 3 is 2.71 bits per heavy atom. The van der Waals surface area contributed by atoms with Crippen molar-refractivity contribution in [1.29, 1.82) is 0 Å². The Morgan fingerprint density at radius 1 is 1.43 bits per heavy atom. The molecule has 4 N–H and O–H groups in total. The summed E-state index contributed by atoms with van der Waals surface area (Å²) in [4.78, 5) is 21.0. The zero-order chi connectivity index (χ0) is 10.8. The molecule has 0 heterocycles. The maximum Gasteiger partial charge on any atom is 0.329 e. The topological polar surface area (TPSA) is 102 Å². The Balaban J connectivity index is 3.19. The summed E-state index contributed by atoms with van der Waals surface area (Å²) in [7, 11) is 0. The maximum atomic E-state index is 11.0. The molecule has 0 bridgehead atoms. The van der Waals surface area contributed by atoms with E-state index in [0.717, 1.165) is 0 Å². The molecule has 0 fully saturated rings. The van der Waals surface area contributed by atoms with Crippen LogP contribution in [0.25, 0.3) is 0 Å². The van der Waals surface area contributed by atoms with Gasteiger partial charge in [-0.2, -0.15) is 0 Å². The first-order valence-electron chi connectivity index (χ1n) is 4.43. The quantitative estimate of drug-likeness (QED) is 0.437. The van der Waals surface area contributed by atoms with Crippen LogP contribution in [0.1, 0.15) is 12.8 Å². The Morgan fingerprint density at radius 2 is 2.14 bits per heavy atom. The highest BCUT2D eigenvalue weighted by Gasteiger charge is 1.99. The molecule has 14 heavy (non-hydrogen) atoms. The van der Waals surface area contributed by atoms with Crippen LogP contribution in [0.5, 0.6) is 0 Å². The highest BCUT2D eigenvalue weighted by atomic mass is 16.5. The van der Waals surface area contributed by atoms with Crippen molar-refractivity contribution >= 4 is 11.9 Å². The lowest BCUT2D eigenvalue weighted by Crippen LogP contribution is -2.28. The van der Waals surface area contributed by atoms with Crippen LogP contribution in [0.3, 0.4) is 0 Å². The first kappa shape index (κ1) is 12.9. The molecular weight excluding hydrogens is 188 g/mol. The molecule has 6 nitrogen and oxygen atoms in total. The lowest BCUT2D eigenvalue weighted by Gasteiger charge is -2.04. The fraction of sp³-hybridized carbons (Fsp3) is 0.750. The second-order valence-electron chi connectivity index (χ2n) is 2.69. The summed E-state index contributed by atoms with van der Waals surface area (Å²) in [6.45, 7) is 0.693. The van der Waals surface area contributed by atoms with E-state index in [1.807, 2.05) is 0 Å². The van der Waals surface area contributed by atoms with Crippen molar-refractivity contribution < 1.29 is 19.4 Å². The van der Waals surface area contributed by atoms with Crippen LogP contribution in [0.4, 0.5) is 0 Å². The Hall–Kier alpha value is -1.14. The van der Waals surface area contributed by atoms with Crippen LogP contribution in [-0.4, -0.2) is 43.3 Å². The first-order valence-corrected chi connectivity index (χ1v) is 4.43. The van der Waals surface area contributed by atoms with Crippen LogP contribution < -0.4 is 11.1 Å². The maximum absolute atomic E-state index is 11.0. The Kier molecular flexibility index (Phi) is 7.77. The third-order valence-electron chi connectivity index (χ3n) is 1.40. The minimum absolute atomic E-state index is 0.0885. The number of amides is 1. The number of carboxylic acid groups (broad SMARTS) is 1. The van der Waals surface area contributed by atoms with E-state index in [2.05, 4.69) is 5.32 Å². The largest absolute Gasteiger partial charge is 0.480 e. The van der Waals surface area contributed by atoms with E-state index in [1.54, 1.807) is 0 Å². The molecule has 82 valence electrons. The normalized spacial score (nSPS) is 9.79. The van der Waals surface area contributed by atoms with Gasteiger partial charge in [-0.1, -0.05) is 0 Å². The van der Waals surface area contributed by atoms with Gasteiger partial charge in [-0.3, -0.25) is 4.79 Å². The second-order valence-corrected chi connectivity index (χ2v) is 2.69. The van der Waals surface area contributed by atoms with Crippen molar-refractivity contribution in [3.05, 3.63) is 0 Å². The SMILES string of the molecule is NCCCC(=O)NCCOCC(=O)O. The van der Waals surface area contributed by atoms with Gasteiger partial charge in [-0.05, 0) is 13.0 Å². The smallest absolute Gasteiger partial charge is 0.329 e. The van der Waals surface area contributed by atoms with E-state index in [9.17, 15) is 9.59 Å². The number of nitrogens with two attached hydrogens (primary N) is 1. The summed E-state index contributed by atoms with van der Waals surface area (Å²) in [5.74, 6) is -1.10. The molecule has 0 unspecified atom stereocenters. The van der Waals surface area contributed by atoms with E-state index < -0.39 is 5.97 Å². The molecule has 0 aliphatic carbocycles. The van der Waals surface area contributed by atoms with Gasteiger partial charge in [0.15, 0.2) is 0 Å². The summed E-state index contributed by atoms with van der Waals surface area (Å²) in [6.07, 6.45) is 1.05. The molecule has 6 heteroatoms. The molecule has 0 aromatic carbocycles. The molecule has 0 atom stereocenters. The summed E-state index contributed by atoms with van der Waals surface area (Å²) < 4.78 is 4.71. The van der Waals surface area contributed by atoms with Gasteiger partial charge in [0.2, 0.25) is 5.91 Å². The summed E-state index contributed by atoms with van der Waals surface area (Å²) >= 11 is 0. The monoisotopic (exact) mass is 204 g/mol. The number of nitrogens with one attached hydrogen (secondary N) is 1. The summed E-state index contributed by atoms with van der Waals surface area (Å²) in [5, 5.41) is 10.8. The first-order chi connectivity index (χ1) is 6.66. The van der Waals surface area contributed by atoms with Gasteiger partial charge in [0.25, 0.3) is 0 Å². The zero-order valence-electron chi connectivity index (χ0n) is 7.99. The van der Waals surface area contributed by atoms with E-state index in [-0.39, 0.29) is 19.1 Å². The van der Waals surface area contributed by atoms with Crippen molar-refractivity contribution in [2.24, 2.45) is 5.73 Å². The number of hydrogen-bond acceptors (Lipinski definition) is 4. The highest BCUT2D eigenvalue weighted by Crippen LogP contribution is 1.84. The van der Waals surface area contributed by atoms with Crippen LogP contribution in [0.15, 0.2) is 0 Å². The Labute approximate surface area is 82.4 Å². The van der Waals surface area contributed by atoms with E-state index >= 15 is 0 Å². The molecule has 0 aliphatic rings. The van der Waals surface area contributed by atoms with E-state index in [1.165, 1.54) is 0 Å². The minimum Gasteiger partial charge on any atom is -0.480 e. The molecule has 0 aromatic rings. The highest BCUT2D eigenvalue weighted by molar-refractivity contribution is 5.75. The van der Waals surface area contributed by atoms with Crippen LogP contribution in [-0.2, 0) is 14.3 Å². The number of carbonyl (C=O) groups is 2. The molecule has 0 saturated carbocycles. The predicted molar refractivity (Wildman–Crippen MR) is 49.8 cm³/mol. The molecule has 0 aromatic heterocycles. The van der Waals surface area contributed by atoms with Gasteiger partial charge >= 0.3 is 5.97 Å². The van der Waals surface area contributed by atoms with Crippen molar-refractivity contribution in [1.82, 2.24) is 5.32 Å². The Bertz CT molecular complexity index is 184. The lowest BCUT2D eigenvalue weighted by molar-refractivity contribution is -0.142. The average molecular weight is 204 g/mol. The molecular formula is C8H16N2O4. The zero-order valence-corrected chi connectivity index (χ0v) is 7.99. The fourth-order valence-corrected chi connectivity index (χ4v) is 0.773. The van der Waals surface area contributed by atoms with Crippen LogP contribution >= 0.6 is 0 Å². The standard InChI is InChI=1S/C8H16N2O4/c9-3-1-2-7(11)10-4-5-14-6-8(12)13/h1-6,9H2,(H,10,11)(H,12,13).